The number of carboxylic acids is 1. The van der Waals surface area contributed by atoms with Crippen molar-refractivity contribution in [1.29, 1.82) is 0 Å². The predicted octanol–water partition coefficient (Wildman–Crippen LogP) is 2.76. The number of carboxylic acid groups (broad SMARTS) is 1. The minimum Gasteiger partial charge on any atom is -0.481 e. The van der Waals surface area contributed by atoms with Gasteiger partial charge in [-0.2, -0.15) is 0 Å². The fourth-order valence-corrected chi connectivity index (χ4v) is 2.72. The van der Waals surface area contributed by atoms with Crippen molar-refractivity contribution in [2.75, 3.05) is 0 Å². The maximum atomic E-state index is 11.0. The van der Waals surface area contributed by atoms with E-state index in [1.165, 1.54) is 6.42 Å². The highest BCUT2D eigenvalue weighted by Crippen LogP contribution is 2.41. The average molecular weight is 219 g/mol. The summed E-state index contributed by atoms with van der Waals surface area (Å²) in [7, 11) is 0. The van der Waals surface area contributed by atoms with E-state index in [0.717, 1.165) is 31.4 Å². The summed E-state index contributed by atoms with van der Waals surface area (Å²) in [6, 6.07) is 5.79. The molecule has 0 atom stereocenters. The Hall–Kier alpha value is -1.38. The van der Waals surface area contributed by atoms with Crippen molar-refractivity contribution in [2.45, 2.75) is 43.9 Å². The summed E-state index contributed by atoms with van der Waals surface area (Å²) < 4.78 is 0. The molecule has 1 saturated carbocycles. The summed E-state index contributed by atoms with van der Waals surface area (Å²) in [6.45, 7) is 0. The van der Waals surface area contributed by atoms with E-state index < -0.39 is 5.97 Å². The third kappa shape index (κ3) is 2.23. The van der Waals surface area contributed by atoms with Crippen molar-refractivity contribution < 1.29 is 9.90 Å². The zero-order chi connectivity index (χ0) is 11.4. The van der Waals surface area contributed by atoms with Gasteiger partial charge in [0.15, 0.2) is 0 Å². The summed E-state index contributed by atoms with van der Waals surface area (Å²) in [5, 5.41) is 9.06. The molecule has 3 heteroatoms. The van der Waals surface area contributed by atoms with E-state index in [0.29, 0.717) is 0 Å². The predicted molar refractivity (Wildman–Crippen MR) is 61.3 cm³/mol. The Bertz CT molecular complexity index is 355. The van der Waals surface area contributed by atoms with Gasteiger partial charge in [0.2, 0.25) is 0 Å². The van der Waals surface area contributed by atoms with Crippen LogP contribution in [0.5, 0.6) is 0 Å². The molecule has 1 N–H and O–H groups in total. The van der Waals surface area contributed by atoms with Gasteiger partial charge < -0.3 is 5.11 Å². The van der Waals surface area contributed by atoms with Crippen molar-refractivity contribution in [3.8, 4) is 0 Å². The van der Waals surface area contributed by atoms with E-state index in [2.05, 4.69) is 4.98 Å². The molecule has 1 aliphatic carbocycles. The molecule has 1 aromatic rings. The van der Waals surface area contributed by atoms with E-state index in [9.17, 15) is 4.79 Å². The van der Waals surface area contributed by atoms with Gasteiger partial charge >= 0.3 is 5.97 Å². The van der Waals surface area contributed by atoms with Gasteiger partial charge in [0.1, 0.15) is 0 Å². The summed E-state index contributed by atoms with van der Waals surface area (Å²) in [4.78, 5) is 15.4. The molecule has 2 rings (SSSR count). The van der Waals surface area contributed by atoms with Gasteiger partial charge in [0.05, 0.1) is 6.42 Å². The molecule has 1 aliphatic rings. The standard InChI is InChI=1S/C13H17NO2/c15-12(16)10-13(7-3-1-4-8-13)11-6-2-5-9-14-11/h2,5-6,9H,1,3-4,7-8,10H2,(H,15,16). The van der Waals surface area contributed by atoms with Crippen LogP contribution in [0.1, 0.15) is 44.2 Å². The minimum absolute atomic E-state index is 0.212. The summed E-state index contributed by atoms with van der Waals surface area (Å²) >= 11 is 0. The zero-order valence-electron chi connectivity index (χ0n) is 9.35. The minimum atomic E-state index is -0.715. The topological polar surface area (TPSA) is 50.2 Å². The molecule has 0 saturated heterocycles. The SMILES string of the molecule is O=C(O)CC1(c2ccccn2)CCCCC1. The van der Waals surface area contributed by atoms with Gasteiger partial charge in [0.25, 0.3) is 0 Å². The summed E-state index contributed by atoms with van der Waals surface area (Å²) in [5.74, 6) is -0.715. The fourth-order valence-electron chi connectivity index (χ4n) is 2.72. The second kappa shape index (κ2) is 4.64. The lowest BCUT2D eigenvalue weighted by molar-refractivity contribution is -0.138. The Balaban J connectivity index is 2.29. The highest BCUT2D eigenvalue weighted by atomic mass is 16.4. The number of hydrogen-bond donors (Lipinski definition) is 1. The first kappa shape index (κ1) is 11.1. The molecule has 0 bridgehead atoms. The van der Waals surface area contributed by atoms with Crippen LogP contribution in [-0.4, -0.2) is 16.1 Å². The highest BCUT2D eigenvalue weighted by molar-refractivity contribution is 5.69. The number of aromatic nitrogens is 1. The third-order valence-corrected chi connectivity index (χ3v) is 3.51. The molecule has 0 amide bonds. The molecule has 0 aliphatic heterocycles. The molecule has 0 unspecified atom stereocenters. The van der Waals surface area contributed by atoms with Crippen LogP contribution >= 0.6 is 0 Å². The highest BCUT2D eigenvalue weighted by Gasteiger charge is 2.37. The van der Waals surface area contributed by atoms with Gasteiger partial charge in [-0.15, -0.1) is 0 Å². The number of pyridine rings is 1. The number of hydrogen-bond acceptors (Lipinski definition) is 2. The van der Waals surface area contributed by atoms with E-state index >= 15 is 0 Å². The Labute approximate surface area is 95.5 Å². The number of carbonyl (C=O) groups is 1. The van der Waals surface area contributed by atoms with Crippen molar-refractivity contribution in [2.24, 2.45) is 0 Å². The van der Waals surface area contributed by atoms with Crippen molar-refractivity contribution in [1.82, 2.24) is 4.98 Å². The molecule has 0 aromatic carbocycles. The van der Waals surface area contributed by atoms with Crippen molar-refractivity contribution in [3.63, 3.8) is 0 Å². The van der Waals surface area contributed by atoms with Crippen molar-refractivity contribution in [3.05, 3.63) is 30.1 Å². The number of rotatable bonds is 3. The van der Waals surface area contributed by atoms with Gasteiger partial charge in [0, 0.05) is 17.3 Å². The van der Waals surface area contributed by atoms with Gasteiger partial charge in [-0.3, -0.25) is 9.78 Å². The summed E-state index contributed by atoms with van der Waals surface area (Å²) in [5.41, 5.74) is 0.739. The van der Waals surface area contributed by atoms with Gasteiger partial charge in [-0.1, -0.05) is 25.3 Å². The van der Waals surface area contributed by atoms with E-state index in [1.807, 2.05) is 18.2 Å². The molecule has 0 radical (unpaired) electrons. The molecule has 1 aromatic heterocycles. The van der Waals surface area contributed by atoms with Crippen LogP contribution < -0.4 is 0 Å². The smallest absolute Gasteiger partial charge is 0.304 e. The molecule has 3 nitrogen and oxygen atoms in total. The Morgan fingerprint density at radius 2 is 2.06 bits per heavy atom. The molecule has 1 fully saturated rings. The average Bonchev–Trinajstić information content (AvgIpc) is 2.30. The lowest BCUT2D eigenvalue weighted by Crippen LogP contribution is -2.32. The molecular weight excluding hydrogens is 202 g/mol. The quantitative estimate of drug-likeness (QED) is 0.850. The molecule has 16 heavy (non-hydrogen) atoms. The van der Waals surface area contributed by atoms with E-state index in [4.69, 9.17) is 5.11 Å². The van der Waals surface area contributed by atoms with Crippen LogP contribution in [0, 0.1) is 0 Å². The molecule has 0 spiro atoms. The second-order valence-electron chi connectivity index (χ2n) is 4.63. The van der Waals surface area contributed by atoms with E-state index in [1.54, 1.807) is 6.20 Å². The maximum Gasteiger partial charge on any atom is 0.304 e. The molecular formula is C13H17NO2. The maximum absolute atomic E-state index is 11.0. The van der Waals surface area contributed by atoms with Crippen LogP contribution in [0.2, 0.25) is 0 Å². The Morgan fingerprint density at radius 3 is 2.62 bits per heavy atom. The van der Waals surface area contributed by atoms with E-state index in [-0.39, 0.29) is 11.8 Å². The number of aliphatic carboxylic acids is 1. The second-order valence-corrected chi connectivity index (χ2v) is 4.63. The third-order valence-electron chi connectivity index (χ3n) is 3.51. The lowest BCUT2D eigenvalue weighted by Gasteiger charge is -2.35. The zero-order valence-corrected chi connectivity index (χ0v) is 9.35. The molecule has 1 heterocycles. The fraction of sp³-hybridized carbons (Fsp3) is 0.538. The monoisotopic (exact) mass is 219 g/mol. The molecule has 86 valence electrons. The Kier molecular flexibility index (Phi) is 3.22. The first-order valence-corrected chi connectivity index (χ1v) is 5.86. The van der Waals surface area contributed by atoms with Crippen LogP contribution in [0.25, 0.3) is 0 Å². The Morgan fingerprint density at radius 1 is 1.31 bits per heavy atom. The van der Waals surface area contributed by atoms with Gasteiger partial charge in [-0.05, 0) is 25.0 Å². The normalized spacial score (nSPS) is 19.2. The van der Waals surface area contributed by atoms with Crippen molar-refractivity contribution >= 4 is 5.97 Å². The largest absolute Gasteiger partial charge is 0.481 e. The lowest BCUT2D eigenvalue weighted by atomic mass is 9.69. The van der Waals surface area contributed by atoms with Crippen LogP contribution in [0.15, 0.2) is 24.4 Å². The first-order chi connectivity index (χ1) is 7.73. The van der Waals surface area contributed by atoms with Crippen LogP contribution in [-0.2, 0) is 10.2 Å². The van der Waals surface area contributed by atoms with Crippen LogP contribution in [0.4, 0.5) is 0 Å². The van der Waals surface area contributed by atoms with Crippen LogP contribution in [0.3, 0.4) is 0 Å². The summed E-state index contributed by atoms with van der Waals surface area (Å²) in [6.07, 6.45) is 7.33. The first-order valence-electron chi connectivity index (χ1n) is 5.86. The number of nitrogens with zero attached hydrogens (tertiary/aromatic N) is 1. The van der Waals surface area contributed by atoms with Gasteiger partial charge in [-0.25, -0.2) is 0 Å².